The molecule has 42 heavy (non-hydrogen) atoms. The number of anilines is 3. The number of carbonyl (C=O) groups is 3. The van der Waals surface area contributed by atoms with E-state index in [1.807, 2.05) is 30.3 Å². The lowest BCUT2D eigenvalue weighted by Crippen LogP contribution is -2.32. The van der Waals surface area contributed by atoms with Gasteiger partial charge in [-0.15, -0.1) is 0 Å². The molecule has 5 rings (SSSR count). The second-order valence-electron chi connectivity index (χ2n) is 9.13. The monoisotopic (exact) mass is 583 g/mol. The van der Waals surface area contributed by atoms with Crippen LogP contribution in [0, 0.1) is 0 Å². The van der Waals surface area contributed by atoms with Crippen LogP contribution in [-0.4, -0.2) is 31.9 Å². The van der Waals surface area contributed by atoms with Crippen molar-refractivity contribution in [1.29, 1.82) is 0 Å². The van der Waals surface area contributed by atoms with Gasteiger partial charge in [0.05, 0.1) is 19.9 Å². The Hall–Kier alpha value is -5.28. The van der Waals surface area contributed by atoms with Crippen molar-refractivity contribution in [2.45, 2.75) is 6.61 Å². The van der Waals surface area contributed by atoms with E-state index in [0.29, 0.717) is 35.0 Å². The molecular formula is C32H26ClN3O6. The Bertz CT molecular complexity index is 1650. The third-order valence-electron chi connectivity index (χ3n) is 6.43. The molecule has 0 radical (unpaired) electrons. The largest absolute Gasteiger partial charge is 0.497 e. The predicted octanol–water partition coefficient (Wildman–Crippen LogP) is 5.97. The molecule has 4 aromatic carbocycles. The summed E-state index contributed by atoms with van der Waals surface area (Å²) < 4.78 is 16.3. The maximum atomic E-state index is 13.2. The van der Waals surface area contributed by atoms with Crippen molar-refractivity contribution in [3.8, 4) is 17.2 Å². The van der Waals surface area contributed by atoms with Crippen molar-refractivity contribution in [3.63, 3.8) is 0 Å². The van der Waals surface area contributed by atoms with Crippen LogP contribution >= 0.6 is 11.6 Å². The number of hydrogen-bond donors (Lipinski definition) is 2. The highest BCUT2D eigenvalue weighted by Gasteiger charge is 2.40. The molecule has 0 fully saturated rings. The van der Waals surface area contributed by atoms with E-state index in [4.69, 9.17) is 25.8 Å². The number of imide groups is 1. The van der Waals surface area contributed by atoms with Gasteiger partial charge in [-0.1, -0.05) is 41.9 Å². The number of carbonyl (C=O) groups excluding carboxylic acids is 3. The number of nitrogens with one attached hydrogen (secondary N) is 2. The van der Waals surface area contributed by atoms with Crippen LogP contribution in [0.3, 0.4) is 0 Å². The summed E-state index contributed by atoms with van der Waals surface area (Å²) in [6, 6.07) is 28.0. The summed E-state index contributed by atoms with van der Waals surface area (Å²) in [5.41, 5.74) is 2.66. The molecule has 0 unspecified atom stereocenters. The molecule has 0 bridgehead atoms. The quantitative estimate of drug-likeness (QED) is 0.222. The second kappa shape index (κ2) is 12.5. The molecule has 0 spiro atoms. The Balaban J connectivity index is 1.21. The van der Waals surface area contributed by atoms with Crippen LogP contribution in [0.25, 0.3) is 0 Å². The fourth-order valence-corrected chi connectivity index (χ4v) is 4.44. The zero-order valence-corrected chi connectivity index (χ0v) is 23.5. The van der Waals surface area contributed by atoms with E-state index < -0.39 is 11.8 Å². The van der Waals surface area contributed by atoms with Crippen LogP contribution in [0.2, 0.25) is 0 Å². The van der Waals surface area contributed by atoms with Crippen molar-refractivity contribution in [2.24, 2.45) is 0 Å². The first-order chi connectivity index (χ1) is 20.4. The number of nitrogens with zero attached hydrogens (tertiary/aromatic N) is 1. The van der Waals surface area contributed by atoms with Crippen LogP contribution in [0.5, 0.6) is 17.2 Å². The summed E-state index contributed by atoms with van der Waals surface area (Å²) in [6.07, 6.45) is 0. The van der Waals surface area contributed by atoms with Crippen LogP contribution in [0.1, 0.15) is 15.9 Å². The smallest absolute Gasteiger partial charge is 0.283 e. The SMILES string of the molecule is COc1ccc(N2C(=O)C(Cl)=C(Nc3ccc(C(=O)Nc4ccc(OCc5ccccc5)cc4)cc3)C2=O)c(OC)c1. The molecule has 1 heterocycles. The van der Waals surface area contributed by atoms with Gasteiger partial charge in [-0.3, -0.25) is 14.4 Å². The number of amides is 3. The molecule has 2 N–H and O–H groups in total. The average molecular weight is 584 g/mol. The highest BCUT2D eigenvalue weighted by Crippen LogP contribution is 2.37. The number of rotatable bonds is 10. The van der Waals surface area contributed by atoms with Gasteiger partial charge in [0.25, 0.3) is 17.7 Å². The molecule has 0 saturated heterocycles. The number of halogens is 1. The molecule has 9 nitrogen and oxygen atoms in total. The molecular weight excluding hydrogens is 558 g/mol. The number of hydrogen-bond acceptors (Lipinski definition) is 7. The van der Waals surface area contributed by atoms with Gasteiger partial charge in [0.2, 0.25) is 0 Å². The van der Waals surface area contributed by atoms with Gasteiger partial charge in [-0.05, 0) is 66.2 Å². The van der Waals surface area contributed by atoms with Crippen LogP contribution in [0.15, 0.2) is 108 Å². The minimum atomic E-state index is -0.694. The van der Waals surface area contributed by atoms with Gasteiger partial charge >= 0.3 is 0 Å². The Morgan fingerprint density at radius 1 is 0.786 bits per heavy atom. The first kappa shape index (κ1) is 28.3. The Labute approximate surface area is 247 Å². The summed E-state index contributed by atoms with van der Waals surface area (Å²) in [5, 5.41) is 5.48. The number of benzene rings is 4. The molecule has 1 aliphatic rings. The van der Waals surface area contributed by atoms with Crippen LogP contribution < -0.4 is 29.7 Å². The molecule has 0 aliphatic carbocycles. The molecule has 0 aromatic heterocycles. The number of ether oxygens (including phenoxy) is 3. The summed E-state index contributed by atoms with van der Waals surface area (Å²) in [4.78, 5) is 39.8. The third-order valence-corrected chi connectivity index (χ3v) is 6.78. The van der Waals surface area contributed by atoms with Gasteiger partial charge in [0.1, 0.15) is 34.6 Å². The van der Waals surface area contributed by atoms with Crippen molar-refractivity contribution >= 4 is 46.4 Å². The summed E-state index contributed by atoms with van der Waals surface area (Å²) in [7, 11) is 2.92. The third kappa shape index (κ3) is 6.06. The molecule has 0 atom stereocenters. The topological polar surface area (TPSA) is 106 Å². The molecule has 3 amide bonds. The minimum absolute atomic E-state index is 0.0914. The first-order valence-electron chi connectivity index (χ1n) is 12.8. The fraction of sp³-hybridized carbons (Fsp3) is 0.0938. The molecule has 212 valence electrons. The second-order valence-corrected chi connectivity index (χ2v) is 9.51. The van der Waals surface area contributed by atoms with Crippen LogP contribution in [0.4, 0.5) is 17.1 Å². The van der Waals surface area contributed by atoms with E-state index in [1.54, 1.807) is 66.7 Å². The first-order valence-corrected chi connectivity index (χ1v) is 13.2. The lowest BCUT2D eigenvalue weighted by molar-refractivity contribution is -0.120. The normalized spacial score (nSPS) is 12.8. The maximum absolute atomic E-state index is 13.2. The van der Waals surface area contributed by atoms with Gasteiger partial charge in [-0.2, -0.15) is 0 Å². The predicted molar refractivity (Wildman–Crippen MR) is 160 cm³/mol. The zero-order chi connectivity index (χ0) is 29.6. The average Bonchev–Trinajstić information content (AvgIpc) is 3.23. The van der Waals surface area contributed by atoms with Gasteiger partial charge in [0.15, 0.2) is 0 Å². The molecule has 10 heteroatoms. The highest BCUT2D eigenvalue weighted by molar-refractivity contribution is 6.53. The number of methoxy groups -OCH3 is 2. The lowest BCUT2D eigenvalue weighted by atomic mass is 10.2. The van der Waals surface area contributed by atoms with Crippen molar-refractivity contribution in [1.82, 2.24) is 0 Å². The van der Waals surface area contributed by atoms with Gasteiger partial charge in [0, 0.05) is 23.0 Å². The summed E-state index contributed by atoms with van der Waals surface area (Å²) in [5.74, 6) is -0.204. The summed E-state index contributed by atoms with van der Waals surface area (Å²) >= 11 is 6.27. The van der Waals surface area contributed by atoms with E-state index in [-0.39, 0.29) is 28.1 Å². The van der Waals surface area contributed by atoms with E-state index in [0.717, 1.165) is 10.5 Å². The van der Waals surface area contributed by atoms with Crippen molar-refractivity contribution < 1.29 is 28.6 Å². The van der Waals surface area contributed by atoms with E-state index in [9.17, 15) is 14.4 Å². The lowest BCUT2D eigenvalue weighted by Gasteiger charge is -2.18. The van der Waals surface area contributed by atoms with E-state index >= 15 is 0 Å². The molecule has 0 saturated carbocycles. The maximum Gasteiger partial charge on any atom is 0.283 e. The Morgan fingerprint density at radius 2 is 1.45 bits per heavy atom. The highest BCUT2D eigenvalue weighted by atomic mass is 35.5. The Kier molecular flexibility index (Phi) is 8.40. The minimum Gasteiger partial charge on any atom is -0.497 e. The van der Waals surface area contributed by atoms with Crippen LogP contribution in [-0.2, 0) is 16.2 Å². The van der Waals surface area contributed by atoms with Gasteiger partial charge < -0.3 is 24.8 Å². The van der Waals surface area contributed by atoms with Gasteiger partial charge in [-0.25, -0.2) is 4.90 Å². The van der Waals surface area contributed by atoms with Crippen molar-refractivity contribution in [3.05, 3.63) is 119 Å². The Morgan fingerprint density at radius 3 is 2.12 bits per heavy atom. The standard InChI is InChI=1S/C32H26ClN3O6/c1-40-25-16-17-26(27(18-25)41-2)36-31(38)28(33)29(32(36)39)34-22-10-8-21(9-11-22)30(37)35-23-12-14-24(15-13-23)42-19-20-6-4-3-5-7-20/h3-18,34H,19H2,1-2H3,(H,35,37). The van der Waals surface area contributed by atoms with E-state index in [1.165, 1.54) is 14.2 Å². The molecule has 4 aromatic rings. The fourth-order valence-electron chi connectivity index (χ4n) is 4.23. The van der Waals surface area contributed by atoms with Crippen molar-refractivity contribution in [2.75, 3.05) is 29.8 Å². The molecule has 1 aliphatic heterocycles. The van der Waals surface area contributed by atoms with E-state index in [2.05, 4.69) is 10.6 Å². The summed E-state index contributed by atoms with van der Waals surface area (Å²) in [6.45, 7) is 0.447. The zero-order valence-electron chi connectivity index (χ0n) is 22.7.